The first-order valence-corrected chi connectivity index (χ1v) is 9.41. The van der Waals surface area contributed by atoms with E-state index in [1.807, 2.05) is 40.6 Å². The average Bonchev–Trinajstić information content (AvgIpc) is 3.41. The lowest BCUT2D eigenvalue weighted by Gasteiger charge is -2.21. The predicted molar refractivity (Wildman–Crippen MR) is 101 cm³/mol. The topological polar surface area (TPSA) is 55.3 Å². The largest absolute Gasteiger partial charge is 0.495 e. The Morgan fingerprint density at radius 3 is 2.69 bits per heavy atom. The molecule has 0 spiro atoms. The van der Waals surface area contributed by atoms with Gasteiger partial charge in [-0.2, -0.15) is 0 Å². The summed E-state index contributed by atoms with van der Waals surface area (Å²) in [6.45, 7) is 0.586. The van der Waals surface area contributed by atoms with Crippen molar-refractivity contribution in [1.82, 2.24) is 14.9 Å². The maximum atomic E-state index is 13.0. The molecule has 1 fully saturated rings. The average molecular weight is 365 g/mol. The number of thiazole rings is 1. The molecule has 6 heteroatoms. The van der Waals surface area contributed by atoms with Gasteiger partial charge in [0.05, 0.1) is 19.9 Å². The van der Waals surface area contributed by atoms with E-state index in [9.17, 15) is 4.79 Å². The summed E-state index contributed by atoms with van der Waals surface area (Å²) in [6, 6.07) is 9.95. The van der Waals surface area contributed by atoms with Crippen LogP contribution in [0.25, 0.3) is 11.1 Å². The Morgan fingerprint density at radius 1 is 1.23 bits per heavy atom. The number of rotatable bonds is 6. The number of hydrogen-bond donors (Lipinski definition) is 0. The second-order valence-electron chi connectivity index (χ2n) is 6.28. The van der Waals surface area contributed by atoms with Crippen molar-refractivity contribution in [3.8, 4) is 16.9 Å². The molecule has 0 N–H and O–H groups in total. The lowest BCUT2D eigenvalue weighted by molar-refractivity contribution is 0.0730. The minimum absolute atomic E-state index is 0.0676. The molecular weight excluding hydrogens is 346 g/mol. The fourth-order valence-electron chi connectivity index (χ4n) is 2.89. The zero-order valence-electron chi connectivity index (χ0n) is 14.5. The van der Waals surface area contributed by atoms with E-state index >= 15 is 0 Å². The normalized spacial score (nSPS) is 13.4. The van der Waals surface area contributed by atoms with Crippen molar-refractivity contribution in [2.75, 3.05) is 7.11 Å². The number of ether oxygens (including phenoxy) is 1. The molecular formula is C20H19N3O2S. The van der Waals surface area contributed by atoms with Crippen molar-refractivity contribution in [2.24, 2.45) is 0 Å². The first kappa shape index (κ1) is 16.7. The monoisotopic (exact) mass is 365 g/mol. The molecule has 0 radical (unpaired) electrons. The van der Waals surface area contributed by atoms with Gasteiger partial charge in [0.2, 0.25) is 0 Å². The summed E-state index contributed by atoms with van der Waals surface area (Å²) >= 11 is 1.59. The van der Waals surface area contributed by atoms with Gasteiger partial charge < -0.3 is 9.64 Å². The highest BCUT2D eigenvalue weighted by Crippen LogP contribution is 2.31. The van der Waals surface area contributed by atoms with E-state index in [4.69, 9.17) is 4.74 Å². The van der Waals surface area contributed by atoms with Crippen molar-refractivity contribution in [1.29, 1.82) is 0 Å². The van der Waals surface area contributed by atoms with Gasteiger partial charge in [-0.05, 0) is 36.6 Å². The Labute approximate surface area is 156 Å². The van der Waals surface area contributed by atoms with Crippen LogP contribution in [-0.2, 0) is 6.54 Å². The smallest absolute Gasteiger partial charge is 0.254 e. The number of hydrogen-bond acceptors (Lipinski definition) is 5. The first-order valence-electron chi connectivity index (χ1n) is 8.53. The number of pyridine rings is 1. The second kappa shape index (κ2) is 7.25. The van der Waals surface area contributed by atoms with Crippen LogP contribution in [0.5, 0.6) is 5.75 Å². The SMILES string of the molecule is COc1cncc(-c2ccc(C(=O)N(Cc3nccs3)C3CC3)cc2)c1. The molecule has 132 valence electrons. The Balaban J connectivity index is 1.54. The van der Waals surface area contributed by atoms with Crippen LogP contribution in [0.3, 0.4) is 0 Å². The van der Waals surface area contributed by atoms with E-state index in [1.165, 1.54) is 0 Å². The molecule has 5 nitrogen and oxygen atoms in total. The second-order valence-corrected chi connectivity index (χ2v) is 7.26. The van der Waals surface area contributed by atoms with E-state index in [1.54, 1.807) is 37.0 Å². The van der Waals surface area contributed by atoms with Crippen molar-refractivity contribution >= 4 is 17.2 Å². The fraction of sp³-hybridized carbons (Fsp3) is 0.250. The van der Waals surface area contributed by atoms with E-state index < -0.39 is 0 Å². The van der Waals surface area contributed by atoms with Gasteiger partial charge in [-0.1, -0.05) is 12.1 Å². The van der Waals surface area contributed by atoms with Crippen molar-refractivity contribution < 1.29 is 9.53 Å². The van der Waals surface area contributed by atoms with Gasteiger partial charge in [0.25, 0.3) is 5.91 Å². The summed E-state index contributed by atoms with van der Waals surface area (Å²) < 4.78 is 5.22. The van der Waals surface area contributed by atoms with E-state index in [2.05, 4.69) is 9.97 Å². The molecule has 3 aromatic rings. The molecule has 0 aliphatic heterocycles. The lowest BCUT2D eigenvalue weighted by atomic mass is 10.0. The zero-order chi connectivity index (χ0) is 17.9. The molecule has 0 unspecified atom stereocenters. The van der Waals surface area contributed by atoms with Crippen LogP contribution in [0.4, 0.5) is 0 Å². The third-order valence-electron chi connectivity index (χ3n) is 4.45. The van der Waals surface area contributed by atoms with Crippen LogP contribution in [-0.4, -0.2) is 33.9 Å². The molecule has 0 atom stereocenters. The minimum atomic E-state index is 0.0676. The van der Waals surface area contributed by atoms with Crippen molar-refractivity contribution in [3.63, 3.8) is 0 Å². The van der Waals surface area contributed by atoms with Gasteiger partial charge in [0.15, 0.2) is 0 Å². The molecule has 1 aliphatic rings. The molecule has 26 heavy (non-hydrogen) atoms. The number of methoxy groups -OCH3 is 1. The van der Waals surface area contributed by atoms with Crippen LogP contribution in [0, 0.1) is 0 Å². The summed E-state index contributed by atoms with van der Waals surface area (Å²) in [5, 5.41) is 2.92. The van der Waals surface area contributed by atoms with Gasteiger partial charge in [-0.15, -0.1) is 11.3 Å². The van der Waals surface area contributed by atoms with E-state index in [0.717, 1.165) is 29.0 Å². The molecule has 0 saturated heterocycles. The van der Waals surface area contributed by atoms with Gasteiger partial charge in [-0.3, -0.25) is 9.78 Å². The molecule has 1 saturated carbocycles. The highest BCUT2D eigenvalue weighted by Gasteiger charge is 2.33. The van der Waals surface area contributed by atoms with Gasteiger partial charge in [0, 0.05) is 34.9 Å². The Hall–Kier alpha value is -2.73. The summed E-state index contributed by atoms with van der Waals surface area (Å²) in [5.41, 5.74) is 2.67. The number of carbonyl (C=O) groups excluding carboxylic acids is 1. The molecule has 1 aromatic carbocycles. The standard InChI is InChI=1S/C20H19N3O2S/c1-25-18-10-16(11-21-12-18)14-2-4-15(5-3-14)20(24)23(17-6-7-17)13-19-22-8-9-26-19/h2-5,8-12,17H,6-7,13H2,1H3. The van der Waals surface area contributed by atoms with Crippen LogP contribution in [0.2, 0.25) is 0 Å². The molecule has 1 amide bonds. The molecule has 1 aliphatic carbocycles. The third kappa shape index (κ3) is 3.60. The van der Waals surface area contributed by atoms with Crippen LogP contribution in [0.1, 0.15) is 28.2 Å². The van der Waals surface area contributed by atoms with Gasteiger partial charge in [0.1, 0.15) is 10.8 Å². The fourth-order valence-corrected chi connectivity index (χ4v) is 3.50. The van der Waals surface area contributed by atoms with E-state index in [0.29, 0.717) is 23.9 Å². The van der Waals surface area contributed by atoms with Crippen LogP contribution >= 0.6 is 11.3 Å². The first-order chi connectivity index (χ1) is 12.7. The number of amides is 1. The molecule has 2 aromatic heterocycles. The van der Waals surface area contributed by atoms with Gasteiger partial charge in [-0.25, -0.2) is 4.98 Å². The maximum Gasteiger partial charge on any atom is 0.254 e. The Morgan fingerprint density at radius 2 is 2.04 bits per heavy atom. The van der Waals surface area contributed by atoms with Crippen molar-refractivity contribution in [2.45, 2.75) is 25.4 Å². The predicted octanol–water partition coefficient (Wildman–Crippen LogP) is 4.02. The summed E-state index contributed by atoms with van der Waals surface area (Å²) in [4.78, 5) is 23.4. The molecule has 2 heterocycles. The lowest BCUT2D eigenvalue weighted by Crippen LogP contribution is -2.32. The zero-order valence-corrected chi connectivity index (χ0v) is 15.3. The number of benzene rings is 1. The Bertz CT molecular complexity index is 890. The van der Waals surface area contributed by atoms with Crippen LogP contribution < -0.4 is 4.74 Å². The maximum absolute atomic E-state index is 13.0. The van der Waals surface area contributed by atoms with Crippen LogP contribution in [0.15, 0.2) is 54.3 Å². The van der Waals surface area contributed by atoms with E-state index in [-0.39, 0.29) is 5.91 Å². The number of carbonyl (C=O) groups is 1. The quantitative estimate of drug-likeness (QED) is 0.662. The highest BCUT2D eigenvalue weighted by atomic mass is 32.1. The minimum Gasteiger partial charge on any atom is -0.495 e. The molecule has 4 rings (SSSR count). The third-order valence-corrected chi connectivity index (χ3v) is 5.22. The highest BCUT2D eigenvalue weighted by molar-refractivity contribution is 7.09. The number of aromatic nitrogens is 2. The molecule has 0 bridgehead atoms. The summed E-state index contributed by atoms with van der Waals surface area (Å²) in [5.74, 6) is 0.782. The Kier molecular flexibility index (Phi) is 4.67. The van der Waals surface area contributed by atoms with Crippen molar-refractivity contribution in [3.05, 3.63) is 64.9 Å². The number of nitrogens with zero attached hydrogens (tertiary/aromatic N) is 3. The summed E-state index contributed by atoms with van der Waals surface area (Å²) in [7, 11) is 1.62. The summed E-state index contributed by atoms with van der Waals surface area (Å²) in [6.07, 6.45) is 7.40. The van der Waals surface area contributed by atoms with Gasteiger partial charge >= 0.3 is 0 Å².